The maximum atomic E-state index is 11.9. The van der Waals surface area contributed by atoms with Crippen LogP contribution in [-0.4, -0.2) is 26.8 Å². The Morgan fingerprint density at radius 2 is 1.90 bits per heavy atom. The molecule has 7 heteroatoms. The van der Waals surface area contributed by atoms with Gasteiger partial charge in [-0.25, -0.2) is 12.7 Å². The summed E-state index contributed by atoms with van der Waals surface area (Å²) in [5.74, 6) is 0. The molecule has 0 unspecified atom stereocenters. The van der Waals surface area contributed by atoms with E-state index in [2.05, 4.69) is 32.7 Å². The molecule has 20 heavy (non-hydrogen) atoms. The molecule has 1 N–H and O–H groups in total. The average Bonchev–Trinajstić information content (AvgIpc) is 2.82. The molecule has 0 saturated carbocycles. The Morgan fingerprint density at radius 1 is 1.25 bits per heavy atom. The quantitative estimate of drug-likeness (QED) is 0.872. The SMILES string of the molecule is CN(C)S(=O)(=O)c1ccc(NCc2csc(Br)c2)cc1. The lowest BCUT2D eigenvalue weighted by Crippen LogP contribution is -2.22. The molecule has 0 aliphatic heterocycles. The van der Waals surface area contributed by atoms with Gasteiger partial charge in [0, 0.05) is 26.3 Å². The second kappa shape index (κ2) is 6.26. The molecule has 1 heterocycles. The first-order valence-corrected chi connectivity index (χ1v) is 9.00. The van der Waals surface area contributed by atoms with Crippen molar-refractivity contribution in [3.63, 3.8) is 0 Å². The van der Waals surface area contributed by atoms with E-state index in [4.69, 9.17) is 0 Å². The number of anilines is 1. The number of benzene rings is 1. The zero-order chi connectivity index (χ0) is 14.8. The molecule has 0 aliphatic rings. The van der Waals surface area contributed by atoms with Crippen LogP contribution in [0.2, 0.25) is 0 Å². The molecule has 2 aromatic rings. The van der Waals surface area contributed by atoms with Gasteiger partial charge in [-0.1, -0.05) is 0 Å². The van der Waals surface area contributed by atoms with Gasteiger partial charge < -0.3 is 5.32 Å². The lowest BCUT2D eigenvalue weighted by Gasteiger charge is -2.12. The first-order chi connectivity index (χ1) is 9.39. The van der Waals surface area contributed by atoms with Crippen molar-refractivity contribution in [3.05, 3.63) is 45.1 Å². The number of nitrogens with zero attached hydrogens (tertiary/aromatic N) is 1. The van der Waals surface area contributed by atoms with Gasteiger partial charge in [0.1, 0.15) is 0 Å². The monoisotopic (exact) mass is 374 g/mol. The van der Waals surface area contributed by atoms with Crippen molar-refractivity contribution in [1.82, 2.24) is 4.31 Å². The zero-order valence-corrected chi connectivity index (χ0v) is 14.3. The van der Waals surface area contributed by atoms with E-state index in [1.165, 1.54) is 24.0 Å². The van der Waals surface area contributed by atoms with Crippen molar-refractivity contribution in [1.29, 1.82) is 0 Å². The predicted octanol–water partition coefficient (Wildman–Crippen LogP) is 3.37. The van der Waals surface area contributed by atoms with E-state index >= 15 is 0 Å². The Morgan fingerprint density at radius 3 is 2.40 bits per heavy atom. The number of hydrogen-bond donors (Lipinski definition) is 1. The molecule has 0 spiro atoms. The fourth-order valence-electron chi connectivity index (χ4n) is 1.60. The molecule has 0 saturated heterocycles. The fraction of sp³-hybridized carbons (Fsp3) is 0.231. The Kier molecular flexibility index (Phi) is 4.85. The van der Waals surface area contributed by atoms with Crippen LogP contribution < -0.4 is 5.32 Å². The van der Waals surface area contributed by atoms with Gasteiger partial charge in [-0.15, -0.1) is 11.3 Å². The van der Waals surface area contributed by atoms with Crippen molar-refractivity contribution in [2.75, 3.05) is 19.4 Å². The van der Waals surface area contributed by atoms with Crippen LogP contribution in [0, 0.1) is 0 Å². The van der Waals surface area contributed by atoms with E-state index in [1.54, 1.807) is 35.6 Å². The molecule has 108 valence electrons. The van der Waals surface area contributed by atoms with Gasteiger partial charge in [-0.3, -0.25) is 0 Å². The zero-order valence-electron chi connectivity index (χ0n) is 11.1. The van der Waals surface area contributed by atoms with E-state index in [0.29, 0.717) is 11.4 Å². The highest BCUT2D eigenvalue weighted by molar-refractivity contribution is 9.11. The molecule has 0 radical (unpaired) electrons. The molecule has 0 atom stereocenters. The highest BCUT2D eigenvalue weighted by Crippen LogP contribution is 2.22. The van der Waals surface area contributed by atoms with Gasteiger partial charge in [0.2, 0.25) is 10.0 Å². The molecular weight excluding hydrogens is 360 g/mol. The number of sulfonamides is 1. The van der Waals surface area contributed by atoms with Crippen LogP contribution in [-0.2, 0) is 16.6 Å². The third kappa shape index (κ3) is 3.60. The van der Waals surface area contributed by atoms with Crippen molar-refractivity contribution in [3.8, 4) is 0 Å². The van der Waals surface area contributed by atoms with Crippen molar-refractivity contribution >= 4 is 43.0 Å². The first kappa shape index (κ1) is 15.5. The summed E-state index contributed by atoms with van der Waals surface area (Å²) in [7, 11) is -0.309. The molecule has 0 fully saturated rings. The lowest BCUT2D eigenvalue weighted by molar-refractivity contribution is 0.521. The summed E-state index contributed by atoms with van der Waals surface area (Å²) in [5, 5.41) is 5.33. The standard InChI is InChI=1S/C13H15BrN2O2S2/c1-16(2)20(17,18)12-5-3-11(4-6-12)15-8-10-7-13(14)19-9-10/h3-7,9,15H,8H2,1-2H3. The number of thiophene rings is 1. The summed E-state index contributed by atoms with van der Waals surface area (Å²) in [6, 6.07) is 8.83. The van der Waals surface area contributed by atoms with Crippen LogP contribution in [0.3, 0.4) is 0 Å². The third-order valence-corrected chi connectivity index (χ3v) is 6.13. The van der Waals surface area contributed by atoms with Gasteiger partial charge in [-0.2, -0.15) is 0 Å². The maximum absolute atomic E-state index is 11.9. The Bertz CT molecular complexity index is 679. The highest BCUT2D eigenvalue weighted by atomic mass is 79.9. The van der Waals surface area contributed by atoms with Gasteiger partial charge in [0.05, 0.1) is 8.68 Å². The first-order valence-electron chi connectivity index (χ1n) is 5.89. The minimum absolute atomic E-state index is 0.298. The van der Waals surface area contributed by atoms with E-state index < -0.39 is 10.0 Å². The van der Waals surface area contributed by atoms with E-state index in [0.717, 1.165) is 9.47 Å². The molecule has 1 aromatic carbocycles. The molecular formula is C13H15BrN2O2S2. The van der Waals surface area contributed by atoms with Crippen LogP contribution in [0.25, 0.3) is 0 Å². The fourth-order valence-corrected chi connectivity index (χ4v) is 3.71. The van der Waals surface area contributed by atoms with E-state index in [1.807, 2.05) is 0 Å². The molecule has 0 amide bonds. The topological polar surface area (TPSA) is 49.4 Å². The van der Waals surface area contributed by atoms with E-state index in [-0.39, 0.29) is 0 Å². The molecule has 0 bridgehead atoms. The summed E-state index contributed by atoms with van der Waals surface area (Å²) in [4.78, 5) is 0.298. The van der Waals surface area contributed by atoms with Crippen LogP contribution in [0.4, 0.5) is 5.69 Å². The Balaban J connectivity index is 2.05. The molecule has 2 rings (SSSR count). The van der Waals surface area contributed by atoms with Gasteiger partial charge >= 0.3 is 0 Å². The lowest BCUT2D eigenvalue weighted by atomic mass is 10.3. The Labute approximate surface area is 131 Å². The number of hydrogen-bond acceptors (Lipinski definition) is 4. The van der Waals surface area contributed by atoms with Crippen LogP contribution in [0.15, 0.2) is 44.4 Å². The van der Waals surface area contributed by atoms with Crippen molar-refractivity contribution < 1.29 is 8.42 Å². The molecule has 4 nitrogen and oxygen atoms in total. The second-order valence-corrected chi connectivity index (χ2v) is 8.87. The van der Waals surface area contributed by atoms with E-state index in [9.17, 15) is 8.42 Å². The number of halogens is 1. The summed E-state index contributed by atoms with van der Waals surface area (Å²) in [6.45, 7) is 0.710. The summed E-state index contributed by atoms with van der Waals surface area (Å²) in [6.07, 6.45) is 0. The number of rotatable bonds is 5. The highest BCUT2D eigenvalue weighted by Gasteiger charge is 2.16. The third-order valence-electron chi connectivity index (χ3n) is 2.75. The summed E-state index contributed by atoms with van der Waals surface area (Å²) < 4.78 is 26.2. The van der Waals surface area contributed by atoms with Crippen LogP contribution >= 0.6 is 27.3 Å². The molecule has 0 aliphatic carbocycles. The van der Waals surface area contributed by atoms with Gasteiger partial charge in [0.15, 0.2) is 0 Å². The average molecular weight is 375 g/mol. The van der Waals surface area contributed by atoms with Gasteiger partial charge in [0.25, 0.3) is 0 Å². The van der Waals surface area contributed by atoms with Crippen LogP contribution in [0.5, 0.6) is 0 Å². The molecule has 1 aromatic heterocycles. The Hall–Kier alpha value is -0.890. The summed E-state index contributed by atoms with van der Waals surface area (Å²) >= 11 is 5.06. The van der Waals surface area contributed by atoms with Gasteiger partial charge in [-0.05, 0) is 57.2 Å². The minimum Gasteiger partial charge on any atom is -0.381 e. The number of nitrogens with one attached hydrogen (secondary N) is 1. The summed E-state index contributed by atoms with van der Waals surface area (Å²) in [5.41, 5.74) is 2.08. The second-order valence-electron chi connectivity index (χ2n) is 4.42. The smallest absolute Gasteiger partial charge is 0.242 e. The largest absolute Gasteiger partial charge is 0.381 e. The minimum atomic E-state index is -3.36. The van der Waals surface area contributed by atoms with Crippen molar-refractivity contribution in [2.45, 2.75) is 11.4 Å². The van der Waals surface area contributed by atoms with Crippen LogP contribution in [0.1, 0.15) is 5.56 Å². The predicted molar refractivity (Wildman–Crippen MR) is 86.7 cm³/mol. The normalized spacial score (nSPS) is 11.8. The maximum Gasteiger partial charge on any atom is 0.242 e. The van der Waals surface area contributed by atoms with Crippen molar-refractivity contribution in [2.24, 2.45) is 0 Å².